The Morgan fingerprint density at radius 1 is 0.806 bits per heavy atom. The van der Waals surface area contributed by atoms with Crippen LogP contribution in [0.3, 0.4) is 0 Å². The maximum atomic E-state index is 13.4. The molecular weight excluding hydrogens is 386 g/mol. The van der Waals surface area contributed by atoms with E-state index in [4.69, 9.17) is 0 Å². The molecule has 0 spiro atoms. The molecule has 0 unspecified atom stereocenters. The van der Waals surface area contributed by atoms with Gasteiger partial charge in [0.1, 0.15) is 5.70 Å². The zero-order valence-corrected chi connectivity index (χ0v) is 18.7. The molecule has 2 aliphatic heterocycles. The third-order valence-corrected chi connectivity index (χ3v) is 6.39. The summed E-state index contributed by atoms with van der Waals surface area (Å²) in [4.78, 5) is 32.7. The van der Waals surface area contributed by atoms with E-state index in [-0.39, 0.29) is 11.8 Å². The molecular formula is C26H31N3O2. The third kappa shape index (κ3) is 4.09. The molecule has 0 radical (unpaired) electrons. The molecule has 2 aromatic carbocycles. The molecule has 1 saturated heterocycles. The molecule has 4 rings (SSSR count). The van der Waals surface area contributed by atoms with E-state index in [2.05, 4.69) is 35.8 Å². The van der Waals surface area contributed by atoms with Gasteiger partial charge < -0.3 is 9.80 Å². The highest BCUT2D eigenvalue weighted by Crippen LogP contribution is 2.33. The molecule has 5 nitrogen and oxygen atoms in total. The molecule has 1 fully saturated rings. The number of imide groups is 1. The molecule has 5 heteroatoms. The number of aryl methyl sites for hydroxylation is 2. The molecule has 162 valence electrons. The van der Waals surface area contributed by atoms with Gasteiger partial charge in [0.2, 0.25) is 0 Å². The molecule has 0 bridgehead atoms. The summed E-state index contributed by atoms with van der Waals surface area (Å²) in [6.45, 7) is 9.76. The fraction of sp³-hybridized carbons (Fsp3) is 0.385. The van der Waals surface area contributed by atoms with Crippen molar-refractivity contribution in [1.82, 2.24) is 9.80 Å². The molecule has 2 aliphatic rings. The van der Waals surface area contributed by atoms with E-state index in [0.29, 0.717) is 17.8 Å². The van der Waals surface area contributed by atoms with Crippen molar-refractivity contribution in [2.45, 2.75) is 33.6 Å². The van der Waals surface area contributed by atoms with Crippen LogP contribution in [-0.2, 0) is 9.59 Å². The number of rotatable bonds is 6. The predicted octanol–water partition coefficient (Wildman–Crippen LogP) is 4.01. The van der Waals surface area contributed by atoms with Gasteiger partial charge in [0.15, 0.2) is 0 Å². The van der Waals surface area contributed by atoms with E-state index >= 15 is 0 Å². The van der Waals surface area contributed by atoms with Crippen LogP contribution in [0.5, 0.6) is 0 Å². The van der Waals surface area contributed by atoms with E-state index in [1.807, 2.05) is 43.3 Å². The van der Waals surface area contributed by atoms with Crippen molar-refractivity contribution in [2.24, 2.45) is 0 Å². The minimum atomic E-state index is -0.151. The zero-order chi connectivity index (χ0) is 22.0. The number of nitrogens with zero attached hydrogens (tertiary/aromatic N) is 3. The summed E-state index contributed by atoms with van der Waals surface area (Å²) < 4.78 is 0. The van der Waals surface area contributed by atoms with Crippen LogP contribution in [-0.4, -0.2) is 54.3 Å². The first-order valence-corrected chi connectivity index (χ1v) is 11.2. The largest absolute Gasteiger partial charge is 0.368 e. The van der Waals surface area contributed by atoms with Crippen molar-refractivity contribution in [2.75, 3.05) is 37.6 Å². The molecule has 0 aromatic heterocycles. The smallest absolute Gasteiger partial charge is 0.277 e. The van der Waals surface area contributed by atoms with Crippen molar-refractivity contribution in [3.05, 3.63) is 70.9 Å². The Bertz CT molecular complexity index is 1000. The Morgan fingerprint density at radius 2 is 1.48 bits per heavy atom. The van der Waals surface area contributed by atoms with Gasteiger partial charge in [-0.2, -0.15) is 0 Å². The minimum absolute atomic E-state index is 0.139. The van der Waals surface area contributed by atoms with Crippen molar-refractivity contribution in [1.29, 1.82) is 0 Å². The Balaban J connectivity index is 1.65. The molecule has 2 amide bonds. The van der Waals surface area contributed by atoms with E-state index in [1.165, 1.54) is 16.2 Å². The standard InChI is InChI=1S/C26H31N3O2/c1-4-5-13-29-25(30)23(21-12-11-19(2)20(3)18-21)24(26(29)31)28-16-14-27(15-17-28)22-9-7-6-8-10-22/h6-12,18H,4-5,13-17H2,1-3H3. The second-order valence-electron chi connectivity index (χ2n) is 8.45. The summed E-state index contributed by atoms with van der Waals surface area (Å²) in [6.07, 6.45) is 1.77. The summed E-state index contributed by atoms with van der Waals surface area (Å²) in [5.74, 6) is -0.290. The number of benzene rings is 2. The Hall–Kier alpha value is -3.08. The lowest BCUT2D eigenvalue weighted by atomic mass is 9.99. The van der Waals surface area contributed by atoms with E-state index in [9.17, 15) is 9.59 Å². The molecule has 31 heavy (non-hydrogen) atoms. The third-order valence-electron chi connectivity index (χ3n) is 6.39. The van der Waals surface area contributed by atoms with Crippen LogP contribution in [0.25, 0.3) is 5.57 Å². The summed E-state index contributed by atoms with van der Waals surface area (Å²) in [5, 5.41) is 0. The van der Waals surface area contributed by atoms with Gasteiger partial charge in [-0.25, -0.2) is 0 Å². The van der Waals surface area contributed by atoms with E-state index < -0.39 is 0 Å². The fourth-order valence-corrected chi connectivity index (χ4v) is 4.36. The summed E-state index contributed by atoms with van der Waals surface area (Å²) in [5.41, 5.74) is 5.51. The first-order chi connectivity index (χ1) is 15.0. The van der Waals surface area contributed by atoms with Gasteiger partial charge in [-0.05, 0) is 49.1 Å². The van der Waals surface area contributed by atoms with Crippen LogP contribution < -0.4 is 4.90 Å². The van der Waals surface area contributed by atoms with Crippen molar-refractivity contribution in [3.8, 4) is 0 Å². The lowest BCUT2D eigenvalue weighted by Gasteiger charge is -2.37. The first kappa shape index (κ1) is 21.2. The Kier molecular flexibility index (Phi) is 6.12. The normalized spacial score (nSPS) is 17.2. The molecule has 0 atom stereocenters. The first-order valence-electron chi connectivity index (χ1n) is 11.2. The Labute approximate surface area is 184 Å². The van der Waals surface area contributed by atoms with E-state index in [0.717, 1.165) is 50.1 Å². The van der Waals surface area contributed by atoms with E-state index in [1.54, 1.807) is 0 Å². The number of hydrogen-bond donors (Lipinski definition) is 0. The van der Waals surface area contributed by atoms with Crippen LogP contribution in [0.4, 0.5) is 5.69 Å². The quantitative estimate of drug-likeness (QED) is 0.667. The lowest BCUT2D eigenvalue weighted by molar-refractivity contribution is -0.137. The highest BCUT2D eigenvalue weighted by atomic mass is 16.2. The predicted molar refractivity (Wildman–Crippen MR) is 125 cm³/mol. The number of para-hydroxylation sites is 1. The summed E-state index contributed by atoms with van der Waals surface area (Å²) in [7, 11) is 0. The van der Waals surface area contributed by atoms with Gasteiger partial charge in [0.25, 0.3) is 11.8 Å². The number of unbranched alkanes of at least 4 members (excludes halogenated alkanes) is 1. The van der Waals surface area contributed by atoms with Crippen LogP contribution in [0.2, 0.25) is 0 Å². The fourth-order valence-electron chi connectivity index (χ4n) is 4.36. The molecule has 0 N–H and O–H groups in total. The maximum absolute atomic E-state index is 13.4. The van der Waals surface area contributed by atoms with Gasteiger partial charge >= 0.3 is 0 Å². The average Bonchev–Trinajstić information content (AvgIpc) is 3.04. The van der Waals surface area contributed by atoms with Crippen molar-refractivity contribution >= 4 is 23.1 Å². The highest BCUT2D eigenvalue weighted by molar-refractivity contribution is 6.35. The number of piperazine rings is 1. The second-order valence-corrected chi connectivity index (χ2v) is 8.45. The Morgan fingerprint density at radius 3 is 2.13 bits per heavy atom. The number of anilines is 1. The second kappa shape index (κ2) is 8.96. The summed E-state index contributed by atoms with van der Waals surface area (Å²) >= 11 is 0. The zero-order valence-electron chi connectivity index (χ0n) is 18.7. The van der Waals surface area contributed by atoms with Crippen LogP contribution in [0.15, 0.2) is 54.2 Å². The maximum Gasteiger partial charge on any atom is 0.277 e. The van der Waals surface area contributed by atoms with Crippen LogP contribution in [0.1, 0.15) is 36.5 Å². The molecule has 2 heterocycles. The van der Waals surface area contributed by atoms with Gasteiger partial charge in [0.05, 0.1) is 5.57 Å². The van der Waals surface area contributed by atoms with Crippen molar-refractivity contribution in [3.63, 3.8) is 0 Å². The number of hydrogen-bond acceptors (Lipinski definition) is 4. The number of carbonyl (C=O) groups excluding carboxylic acids is 2. The summed E-state index contributed by atoms with van der Waals surface area (Å²) in [6, 6.07) is 16.4. The molecule has 0 aliphatic carbocycles. The van der Waals surface area contributed by atoms with Crippen LogP contribution in [0, 0.1) is 13.8 Å². The van der Waals surface area contributed by atoms with Gasteiger partial charge in [-0.1, -0.05) is 49.7 Å². The van der Waals surface area contributed by atoms with Gasteiger partial charge in [-0.3, -0.25) is 14.5 Å². The van der Waals surface area contributed by atoms with Gasteiger partial charge in [-0.15, -0.1) is 0 Å². The number of amides is 2. The highest BCUT2D eigenvalue weighted by Gasteiger charge is 2.41. The molecule has 0 saturated carbocycles. The lowest BCUT2D eigenvalue weighted by Crippen LogP contribution is -2.47. The monoisotopic (exact) mass is 417 g/mol. The molecule has 2 aromatic rings. The van der Waals surface area contributed by atoms with Crippen molar-refractivity contribution < 1.29 is 9.59 Å². The van der Waals surface area contributed by atoms with Gasteiger partial charge in [0, 0.05) is 38.4 Å². The van der Waals surface area contributed by atoms with Crippen LogP contribution >= 0.6 is 0 Å². The SMILES string of the molecule is CCCCN1C(=O)C(c2ccc(C)c(C)c2)=C(N2CCN(c3ccccc3)CC2)C1=O. The number of carbonyl (C=O) groups is 2. The minimum Gasteiger partial charge on any atom is -0.368 e. The average molecular weight is 418 g/mol. The topological polar surface area (TPSA) is 43.9 Å².